The van der Waals surface area contributed by atoms with Gasteiger partial charge in [-0.05, 0) is 69.4 Å². The molecule has 2 aromatic rings. The number of aryl methyl sites for hydroxylation is 1. The van der Waals surface area contributed by atoms with Gasteiger partial charge in [0, 0.05) is 26.6 Å². The van der Waals surface area contributed by atoms with E-state index in [1.54, 1.807) is 14.0 Å². The Balaban J connectivity index is 0. The fraction of sp³-hybridized carbons (Fsp3) is 0.606. The number of carbonyl (C=O) groups excluding carboxylic acids is 1. The molecule has 0 N–H and O–H groups in total. The van der Waals surface area contributed by atoms with Gasteiger partial charge in [0.2, 0.25) is 5.92 Å². The SMILES string of the molecule is CCC(C)(F)F.CCC(C)c1ccc(C)cc1.CCC(C)c1ccccc1.COCCCCCC(C)=O. The highest BCUT2D eigenvalue weighted by Gasteiger charge is 2.15. The molecule has 0 saturated carbocycles. The highest BCUT2D eigenvalue weighted by molar-refractivity contribution is 5.75. The maximum atomic E-state index is 11.5. The Morgan fingerprint density at radius 1 is 0.838 bits per heavy atom. The van der Waals surface area contributed by atoms with Gasteiger partial charge in [-0.2, -0.15) is 0 Å². The second kappa shape index (κ2) is 23.1. The predicted octanol–water partition coefficient (Wildman–Crippen LogP) is 10.5. The average molecular weight is 521 g/mol. The van der Waals surface area contributed by atoms with Crippen LogP contribution in [-0.2, 0) is 9.53 Å². The monoisotopic (exact) mass is 520 g/mol. The van der Waals surface area contributed by atoms with Crippen molar-refractivity contribution in [2.75, 3.05) is 13.7 Å². The maximum Gasteiger partial charge on any atom is 0.245 e. The lowest BCUT2D eigenvalue weighted by molar-refractivity contribution is -0.117. The minimum Gasteiger partial charge on any atom is -0.385 e. The van der Waals surface area contributed by atoms with Crippen molar-refractivity contribution < 1.29 is 18.3 Å². The molecule has 0 heterocycles. The summed E-state index contributed by atoms with van der Waals surface area (Å²) in [6.45, 7) is 15.9. The summed E-state index contributed by atoms with van der Waals surface area (Å²) in [5.41, 5.74) is 4.25. The van der Waals surface area contributed by atoms with E-state index in [-0.39, 0.29) is 12.2 Å². The Labute approximate surface area is 227 Å². The maximum absolute atomic E-state index is 11.5. The number of hydrogen-bond donors (Lipinski definition) is 0. The largest absolute Gasteiger partial charge is 0.385 e. The molecule has 0 amide bonds. The van der Waals surface area contributed by atoms with Crippen LogP contribution in [0.25, 0.3) is 0 Å². The first-order valence-electron chi connectivity index (χ1n) is 13.9. The van der Waals surface area contributed by atoms with Gasteiger partial charge >= 0.3 is 0 Å². The standard InChI is InChI=1S/C11H16.C10H14.C8H16O2.C4H8F2/c1-4-10(3)11-7-5-9(2)6-8-11;1-3-9(2)10-7-5-4-6-8-10;1-8(9)6-4-3-5-7-10-2;1-3-4(2,5)6/h5-8,10H,4H2,1-3H3;4-9H,3H2,1-2H3;3-7H2,1-2H3;3H2,1-2H3. The molecule has 2 unspecified atom stereocenters. The van der Waals surface area contributed by atoms with Crippen LogP contribution in [0.5, 0.6) is 0 Å². The summed E-state index contributed by atoms with van der Waals surface area (Å²) < 4.78 is 27.8. The Kier molecular flexibility index (Phi) is 23.1. The third-order valence-corrected chi connectivity index (χ3v) is 6.24. The number of carbonyl (C=O) groups is 1. The van der Waals surface area contributed by atoms with Crippen molar-refractivity contribution in [1.82, 2.24) is 0 Å². The van der Waals surface area contributed by atoms with E-state index in [2.05, 4.69) is 89.2 Å². The fourth-order valence-electron chi connectivity index (χ4n) is 2.95. The fourth-order valence-corrected chi connectivity index (χ4v) is 2.95. The number of methoxy groups -OCH3 is 1. The van der Waals surface area contributed by atoms with Gasteiger partial charge in [-0.15, -0.1) is 0 Å². The minimum atomic E-state index is -2.46. The molecule has 0 aromatic heterocycles. The summed E-state index contributed by atoms with van der Waals surface area (Å²) in [6, 6.07) is 19.5. The van der Waals surface area contributed by atoms with E-state index in [4.69, 9.17) is 4.74 Å². The lowest BCUT2D eigenvalue weighted by Crippen LogP contribution is -2.05. The number of hydrogen-bond acceptors (Lipinski definition) is 2. The Morgan fingerprint density at radius 2 is 1.30 bits per heavy atom. The predicted molar refractivity (Wildman–Crippen MR) is 157 cm³/mol. The topological polar surface area (TPSA) is 26.3 Å². The minimum absolute atomic E-state index is 0.0625. The third kappa shape index (κ3) is 24.0. The van der Waals surface area contributed by atoms with Gasteiger partial charge in [0.1, 0.15) is 5.78 Å². The summed E-state index contributed by atoms with van der Waals surface area (Å²) in [5.74, 6) is -0.755. The third-order valence-electron chi connectivity index (χ3n) is 6.24. The summed E-state index contributed by atoms with van der Waals surface area (Å²) in [7, 11) is 1.70. The summed E-state index contributed by atoms with van der Waals surface area (Å²) in [5, 5.41) is 0. The van der Waals surface area contributed by atoms with E-state index in [1.807, 2.05) is 0 Å². The second-order valence-electron chi connectivity index (χ2n) is 9.87. The van der Waals surface area contributed by atoms with Crippen LogP contribution >= 0.6 is 0 Å². The number of Topliss-reactive ketones (excluding diaryl/α,β-unsaturated/α-hetero) is 1. The molecule has 37 heavy (non-hydrogen) atoms. The van der Waals surface area contributed by atoms with E-state index >= 15 is 0 Å². The number of alkyl halides is 2. The van der Waals surface area contributed by atoms with Crippen molar-refractivity contribution in [2.45, 2.75) is 118 Å². The molecule has 0 aliphatic heterocycles. The first-order valence-corrected chi connectivity index (χ1v) is 13.9. The van der Waals surface area contributed by atoms with Crippen LogP contribution in [0.3, 0.4) is 0 Å². The Bertz CT molecular complexity index is 767. The highest BCUT2D eigenvalue weighted by atomic mass is 19.3. The van der Waals surface area contributed by atoms with Crippen LogP contribution < -0.4 is 0 Å². The number of benzene rings is 2. The highest BCUT2D eigenvalue weighted by Crippen LogP contribution is 2.18. The molecular weight excluding hydrogens is 466 g/mol. The lowest BCUT2D eigenvalue weighted by Gasteiger charge is -2.07. The molecule has 0 spiro atoms. The van der Waals surface area contributed by atoms with Gasteiger partial charge in [-0.1, -0.05) is 101 Å². The van der Waals surface area contributed by atoms with Crippen molar-refractivity contribution in [3.05, 3.63) is 71.3 Å². The molecule has 0 radical (unpaired) electrons. The zero-order valence-corrected chi connectivity index (χ0v) is 25.1. The van der Waals surface area contributed by atoms with Crippen molar-refractivity contribution in [3.8, 4) is 0 Å². The van der Waals surface area contributed by atoms with E-state index in [9.17, 15) is 13.6 Å². The van der Waals surface area contributed by atoms with Gasteiger partial charge in [-0.3, -0.25) is 0 Å². The molecule has 4 heteroatoms. The van der Waals surface area contributed by atoms with Gasteiger partial charge < -0.3 is 9.53 Å². The number of unbranched alkanes of at least 4 members (excludes halogenated alkanes) is 2. The summed E-state index contributed by atoms with van der Waals surface area (Å²) in [6.07, 6.45) is 6.31. The molecule has 0 aliphatic carbocycles. The Morgan fingerprint density at radius 3 is 1.68 bits per heavy atom. The lowest BCUT2D eigenvalue weighted by atomic mass is 9.98. The van der Waals surface area contributed by atoms with Gasteiger partial charge in [0.05, 0.1) is 0 Å². The first-order chi connectivity index (χ1) is 17.4. The molecule has 0 saturated heterocycles. The van der Waals surface area contributed by atoms with Crippen LogP contribution in [0.1, 0.15) is 122 Å². The molecule has 2 nitrogen and oxygen atoms in total. The van der Waals surface area contributed by atoms with Gasteiger partial charge in [0.25, 0.3) is 0 Å². The van der Waals surface area contributed by atoms with Crippen LogP contribution in [-0.4, -0.2) is 25.4 Å². The van der Waals surface area contributed by atoms with E-state index in [0.29, 0.717) is 11.8 Å². The zero-order chi connectivity index (χ0) is 28.7. The molecular formula is C33H54F2O2. The normalized spacial score (nSPS) is 12.0. The molecule has 2 rings (SSSR count). The number of ether oxygens (including phenoxy) is 1. The molecule has 2 aromatic carbocycles. The van der Waals surface area contributed by atoms with E-state index < -0.39 is 5.92 Å². The van der Waals surface area contributed by atoms with E-state index in [0.717, 1.165) is 39.2 Å². The van der Waals surface area contributed by atoms with Crippen LogP contribution in [0.2, 0.25) is 0 Å². The van der Waals surface area contributed by atoms with Crippen molar-refractivity contribution in [2.24, 2.45) is 0 Å². The zero-order valence-electron chi connectivity index (χ0n) is 25.1. The number of ketones is 1. The van der Waals surface area contributed by atoms with Crippen molar-refractivity contribution >= 4 is 5.78 Å². The van der Waals surface area contributed by atoms with Gasteiger partial charge in [0.15, 0.2) is 0 Å². The summed E-state index contributed by atoms with van der Waals surface area (Å²) in [4.78, 5) is 10.4. The average Bonchev–Trinajstić information content (AvgIpc) is 2.89. The molecule has 0 aliphatic rings. The van der Waals surface area contributed by atoms with Crippen molar-refractivity contribution in [1.29, 1.82) is 0 Å². The molecule has 0 bridgehead atoms. The Hall–Kier alpha value is -2.07. The quantitative estimate of drug-likeness (QED) is 0.275. The molecule has 2 atom stereocenters. The van der Waals surface area contributed by atoms with Crippen LogP contribution in [0.4, 0.5) is 8.78 Å². The number of rotatable bonds is 11. The van der Waals surface area contributed by atoms with Crippen LogP contribution in [0.15, 0.2) is 54.6 Å². The molecule has 212 valence electrons. The smallest absolute Gasteiger partial charge is 0.245 e. The number of halogens is 2. The van der Waals surface area contributed by atoms with Gasteiger partial charge in [-0.25, -0.2) is 8.78 Å². The summed E-state index contributed by atoms with van der Waals surface area (Å²) >= 11 is 0. The first kappa shape index (κ1) is 37.1. The second-order valence-corrected chi connectivity index (χ2v) is 9.87. The van der Waals surface area contributed by atoms with E-state index in [1.165, 1.54) is 36.5 Å². The van der Waals surface area contributed by atoms with Crippen LogP contribution in [0, 0.1) is 6.92 Å². The van der Waals surface area contributed by atoms with Crippen molar-refractivity contribution in [3.63, 3.8) is 0 Å². The molecule has 0 fully saturated rings.